The minimum atomic E-state index is -0.159. The van der Waals surface area contributed by atoms with Crippen LogP contribution in [0.4, 0.5) is 34.1 Å². The maximum absolute atomic E-state index is 6.69. The molecule has 2 heterocycles. The predicted molar refractivity (Wildman–Crippen MR) is 314 cm³/mol. The van der Waals surface area contributed by atoms with E-state index in [4.69, 9.17) is 8.83 Å². The van der Waals surface area contributed by atoms with Crippen molar-refractivity contribution < 1.29 is 8.83 Å². The van der Waals surface area contributed by atoms with Crippen LogP contribution in [0, 0.1) is 0 Å². The molecule has 0 amide bonds. The molecule has 0 aliphatic heterocycles. The van der Waals surface area contributed by atoms with Gasteiger partial charge in [0.25, 0.3) is 0 Å². The standard InChI is InChI=1S/C70H56N2O2/c1-69(2,3)49-35-41-53-57(43-49)67(71(51-37-31-47(32-38-51)45-19-9-7-10-20-45)59-25-17-29-63-65(59)55-23-13-15-27-61(55)73-63)54-42-36-50(70(4,5)6)44-58(54)68(53)72(52-39-33-48(34-40-52)46-21-11-8-12-22-46)60-26-18-30-64-66(60)56-24-14-16-28-62(56)74-64/h7-44H,1-6H3. The van der Waals surface area contributed by atoms with Gasteiger partial charge in [-0.05, 0) is 117 Å². The van der Waals surface area contributed by atoms with Gasteiger partial charge in [-0.3, -0.25) is 0 Å². The van der Waals surface area contributed by atoms with Crippen molar-refractivity contribution >= 4 is 99.5 Å². The molecule has 0 aliphatic rings. The van der Waals surface area contributed by atoms with Crippen molar-refractivity contribution in [2.75, 3.05) is 9.80 Å². The van der Waals surface area contributed by atoms with Crippen LogP contribution in [0.2, 0.25) is 0 Å². The number of fused-ring (bicyclic) bond motifs is 8. The van der Waals surface area contributed by atoms with E-state index in [0.717, 1.165) is 111 Å². The lowest BCUT2D eigenvalue weighted by Crippen LogP contribution is -2.17. The van der Waals surface area contributed by atoms with Crippen LogP contribution >= 0.6 is 0 Å². The van der Waals surface area contributed by atoms with Crippen molar-refractivity contribution in [3.8, 4) is 22.3 Å². The van der Waals surface area contributed by atoms with Crippen LogP contribution in [0.5, 0.6) is 0 Å². The predicted octanol–water partition coefficient (Wildman–Crippen LogP) is 20.7. The van der Waals surface area contributed by atoms with E-state index in [1.807, 2.05) is 0 Å². The molecule has 0 N–H and O–H groups in total. The van der Waals surface area contributed by atoms with E-state index >= 15 is 0 Å². The molecule has 13 rings (SSSR count). The summed E-state index contributed by atoms with van der Waals surface area (Å²) < 4.78 is 13.4. The van der Waals surface area contributed by atoms with Crippen molar-refractivity contribution in [1.29, 1.82) is 0 Å². The van der Waals surface area contributed by atoms with E-state index in [1.54, 1.807) is 0 Å². The third kappa shape index (κ3) is 7.60. The van der Waals surface area contributed by atoms with Gasteiger partial charge >= 0.3 is 0 Å². The third-order valence-electron chi connectivity index (χ3n) is 14.9. The van der Waals surface area contributed by atoms with Crippen LogP contribution in [0.25, 0.3) is 87.7 Å². The fraction of sp³-hybridized carbons (Fsp3) is 0.114. The van der Waals surface area contributed by atoms with Crippen LogP contribution in [0.1, 0.15) is 52.7 Å². The highest BCUT2D eigenvalue weighted by molar-refractivity contribution is 6.26. The number of furan rings is 2. The zero-order chi connectivity index (χ0) is 50.3. The molecule has 358 valence electrons. The highest BCUT2D eigenvalue weighted by Crippen LogP contribution is 2.55. The minimum Gasteiger partial charge on any atom is -0.456 e. The van der Waals surface area contributed by atoms with Crippen molar-refractivity contribution in [3.05, 3.63) is 242 Å². The fourth-order valence-corrected chi connectivity index (χ4v) is 11.1. The summed E-state index contributed by atoms with van der Waals surface area (Å²) in [5.41, 5.74) is 16.6. The molecule has 0 unspecified atom stereocenters. The first-order valence-electron chi connectivity index (χ1n) is 25.7. The summed E-state index contributed by atoms with van der Waals surface area (Å²) in [6.07, 6.45) is 0. The second-order valence-electron chi connectivity index (χ2n) is 21.7. The van der Waals surface area contributed by atoms with Gasteiger partial charge in [-0.15, -0.1) is 0 Å². The number of hydrogen-bond donors (Lipinski definition) is 0. The number of benzene rings is 11. The number of rotatable bonds is 8. The van der Waals surface area contributed by atoms with E-state index < -0.39 is 0 Å². The maximum Gasteiger partial charge on any atom is 0.137 e. The highest BCUT2D eigenvalue weighted by Gasteiger charge is 2.31. The van der Waals surface area contributed by atoms with Crippen LogP contribution < -0.4 is 9.80 Å². The molecule has 13 aromatic rings. The average molecular weight is 957 g/mol. The van der Waals surface area contributed by atoms with Crippen LogP contribution in [-0.2, 0) is 10.8 Å². The van der Waals surface area contributed by atoms with Crippen LogP contribution in [0.3, 0.4) is 0 Å². The van der Waals surface area contributed by atoms with Gasteiger partial charge in [-0.2, -0.15) is 0 Å². The van der Waals surface area contributed by atoms with E-state index in [9.17, 15) is 0 Å². The molecule has 2 aromatic heterocycles. The summed E-state index contributed by atoms with van der Waals surface area (Å²) in [7, 11) is 0. The number of nitrogens with zero attached hydrogens (tertiary/aromatic N) is 2. The molecule has 0 bridgehead atoms. The second kappa shape index (κ2) is 17.4. The monoisotopic (exact) mass is 956 g/mol. The number of hydrogen-bond acceptors (Lipinski definition) is 4. The van der Waals surface area contributed by atoms with Gasteiger partial charge in [0.05, 0.1) is 33.5 Å². The molecule has 0 fully saturated rings. The van der Waals surface area contributed by atoms with Gasteiger partial charge in [-0.25, -0.2) is 0 Å². The van der Waals surface area contributed by atoms with E-state index in [-0.39, 0.29) is 10.8 Å². The molecule has 0 atom stereocenters. The maximum atomic E-state index is 6.69. The molecule has 0 aliphatic carbocycles. The lowest BCUT2D eigenvalue weighted by atomic mass is 9.82. The second-order valence-corrected chi connectivity index (χ2v) is 21.7. The fourth-order valence-electron chi connectivity index (χ4n) is 11.1. The molecule has 0 saturated carbocycles. The van der Waals surface area contributed by atoms with Crippen LogP contribution in [0.15, 0.2) is 239 Å². The lowest BCUT2D eigenvalue weighted by molar-refractivity contribution is 0.590. The molecule has 4 heteroatoms. The Morgan fingerprint density at radius 3 is 1.03 bits per heavy atom. The summed E-state index contributed by atoms with van der Waals surface area (Å²) >= 11 is 0. The molecule has 4 nitrogen and oxygen atoms in total. The Bertz CT molecular complexity index is 3970. The average Bonchev–Trinajstić information content (AvgIpc) is 4.02. The quantitative estimate of drug-likeness (QED) is 0.112. The summed E-state index contributed by atoms with van der Waals surface area (Å²) in [5.74, 6) is 0. The third-order valence-corrected chi connectivity index (χ3v) is 14.9. The summed E-state index contributed by atoms with van der Waals surface area (Å²) in [4.78, 5) is 5.03. The first-order valence-corrected chi connectivity index (χ1v) is 25.7. The normalized spacial score (nSPS) is 12.2. The Hall–Kier alpha value is -8.86. The van der Waals surface area contributed by atoms with Gasteiger partial charge in [-0.1, -0.05) is 199 Å². The van der Waals surface area contributed by atoms with Gasteiger partial charge in [0.15, 0.2) is 0 Å². The Kier molecular flexibility index (Phi) is 10.6. The molecule has 0 spiro atoms. The molecule has 11 aromatic carbocycles. The zero-order valence-corrected chi connectivity index (χ0v) is 42.7. The largest absolute Gasteiger partial charge is 0.456 e. The zero-order valence-electron chi connectivity index (χ0n) is 42.7. The van der Waals surface area contributed by atoms with Gasteiger partial charge in [0.1, 0.15) is 22.3 Å². The van der Waals surface area contributed by atoms with E-state index in [0.29, 0.717) is 0 Å². The van der Waals surface area contributed by atoms with Crippen molar-refractivity contribution in [2.24, 2.45) is 0 Å². The Labute approximate surface area is 432 Å². The van der Waals surface area contributed by atoms with Crippen LogP contribution in [-0.4, -0.2) is 0 Å². The SMILES string of the molecule is CC(C)(C)c1ccc2c(N(c3ccc(-c4ccccc4)cc3)c3cccc4oc5ccccc5c34)c3cc(C(C)(C)C)ccc3c(N(c3ccc(-c4ccccc4)cc3)c3cccc4oc5ccccc5c34)c2c1. The molecule has 0 saturated heterocycles. The summed E-state index contributed by atoms with van der Waals surface area (Å²) in [6.45, 7) is 13.9. The topological polar surface area (TPSA) is 32.8 Å². The van der Waals surface area contributed by atoms with E-state index in [2.05, 4.69) is 282 Å². The Balaban J connectivity index is 1.20. The van der Waals surface area contributed by atoms with Gasteiger partial charge < -0.3 is 18.6 Å². The summed E-state index contributed by atoms with van der Waals surface area (Å²) in [5, 5.41) is 8.80. The van der Waals surface area contributed by atoms with E-state index in [1.165, 1.54) is 22.3 Å². The first kappa shape index (κ1) is 45.0. The Morgan fingerprint density at radius 2 is 0.635 bits per heavy atom. The highest BCUT2D eigenvalue weighted by atomic mass is 16.3. The van der Waals surface area contributed by atoms with Crippen molar-refractivity contribution in [1.82, 2.24) is 0 Å². The van der Waals surface area contributed by atoms with Crippen molar-refractivity contribution in [2.45, 2.75) is 52.4 Å². The summed E-state index contributed by atoms with van der Waals surface area (Å²) in [6, 6.07) is 83.8. The minimum absolute atomic E-state index is 0.159. The smallest absolute Gasteiger partial charge is 0.137 e. The van der Waals surface area contributed by atoms with Crippen molar-refractivity contribution in [3.63, 3.8) is 0 Å². The van der Waals surface area contributed by atoms with Gasteiger partial charge in [0.2, 0.25) is 0 Å². The Morgan fingerprint density at radius 1 is 0.284 bits per heavy atom. The molecular weight excluding hydrogens is 901 g/mol. The number of para-hydroxylation sites is 2. The molecule has 74 heavy (non-hydrogen) atoms. The molecule has 0 radical (unpaired) electrons. The molecular formula is C70H56N2O2. The first-order chi connectivity index (χ1) is 36.0. The lowest BCUT2D eigenvalue weighted by Gasteiger charge is -2.34. The number of anilines is 6. The van der Waals surface area contributed by atoms with Gasteiger partial charge in [0, 0.05) is 43.7 Å².